The Kier molecular flexibility index (Phi) is 7.21. The van der Waals surface area contributed by atoms with Crippen molar-refractivity contribution in [2.45, 2.75) is 18.7 Å². The zero-order valence-electron chi connectivity index (χ0n) is 11.2. The van der Waals surface area contributed by atoms with Crippen LogP contribution in [0, 0.1) is 0 Å². The highest BCUT2D eigenvalue weighted by Gasteiger charge is 2.09. The quantitative estimate of drug-likeness (QED) is 0.569. The van der Waals surface area contributed by atoms with Crippen LogP contribution in [0.5, 0.6) is 0 Å². The number of carbonyl (C=O) groups is 1. The number of rotatable bonds is 7. The van der Waals surface area contributed by atoms with Crippen molar-refractivity contribution in [1.29, 1.82) is 0 Å². The van der Waals surface area contributed by atoms with E-state index in [4.69, 9.17) is 27.9 Å². The average Bonchev–Trinajstić information content (AvgIpc) is 2.43. The Morgan fingerprint density at radius 1 is 1.21 bits per heavy atom. The second kappa shape index (κ2) is 8.41. The molecule has 0 N–H and O–H groups in total. The summed E-state index contributed by atoms with van der Waals surface area (Å²) >= 11 is 11.5. The van der Waals surface area contributed by atoms with Crippen molar-refractivity contribution in [2.75, 3.05) is 26.2 Å². The molecule has 1 rings (SSSR count). The molecule has 5 heteroatoms. The fraction of sp³-hybridized carbons (Fsp3) is 0.500. The van der Waals surface area contributed by atoms with Gasteiger partial charge in [0.25, 0.3) is 0 Å². The molecule has 1 aromatic rings. The van der Waals surface area contributed by atoms with E-state index in [1.807, 2.05) is 0 Å². The lowest BCUT2D eigenvalue weighted by atomic mass is 10.1. The lowest BCUT2D eigenvalue weighted by Crippen LogP contribution is -2.27. The number of likely N-dealkylation sites (N-methyl/N-ethyl adjacent to an activating group) is 1. The second-order valence-corrected chi connectivity index (χ2v) is 5.18. The molecule has 0 heterocycles. The minimum Gasteiger partial charge on any atom is -0.461 e. The Morgan fingerprint density at radius 3 is 2.26 bits per heavy atom. The standard InChI is InChI=1S/C14H19Cl2NO2/c1-3-17(4-2)9-10-19-14(18)12-7-5-11(6-8-12)13(15)16/h5-8,13H,3-4,9-10H2,1-2H3. The summed E-state index contributed by atoms with van der Waals surface area (Å²) in [4.78, 5) is 13.4. The largest absolute Gasteiger partial charge is 0.461 e. The molecule has 0 radical (unpaired) electrons. The van der Waals surface area contributed by atoms with Gasteiger partial charge in [0.15, 0.2) is 0 Å². The molecule has 0 amide bonds. The first-order chi connectivity index (χ1) is 9.08. The molecule has 0 aliphatic heterocycles. The molecule has 0 aromatic heterocycles. The second-order valence-electron chi connectivity index (χ2n) is 4.09. The van der Waals surface area contributed by atoms with Gasteiger partial charge in [0.1, 0.15) is 11.4 Å². The summed E-state index contributed by atoms with van der Waals surface area (Å²) in [6.45, 7) is 7.22. The van der Waals surface area contributed by atoms with E-state index in [1.54, 1.807) is 24.3 Å². The van der Waals surface area contributed by atoms with Crippen molar-refractivity contribution in [3.8, 4) is 0 Å². The zero-order chi connectivity index (χ0) is 14.3. The lowest BCUT2D eigenvalue weighted by Gasteiger charge is -2.17. The van der Waals surface area contributed by atoms with Crippen molar-refractivity contribution >= 4 is 29.2 Å². The molecule has 0 saturated carbocycles. The SMILES string of the molecule is CCN(CC)CCOC(=O)c1ccc(C(Cl)Cl)cc1. The molecule has 0 saturated heterocycles. The normalized spacial score (nSPS) is 11.1. The lowest BCUT2D eigenvalue weighted by molar-refractivity contribution is 0.0466. The summed E-state index contributed by atoms with van der Waals surface area (Å²) in [5.41, 5.74) is 1.28. The van der Waals surface area contributed by atoms with Gasteiger partial charge in [0.2, 0.25) is 0 Å². The van der Waals surface area contributed by atoms with Crippen LogP contribution in [0.25, 0.3) is 0 Å². The van der Waals surface area contributed by atoms with Crippen LogP contribution >= 0.6 is 23.2 Å². The van der Waals surface area contributed by atoms with Crippen LogP contribution in [0.4, 0.5) is 0 Å². The van der Waals surface area contributed by atoms with E-state index < -0.39 is 4.84 Å². The smallest absolute Gasteiger partial charge is 0.338 e. The van der Waals surface area contributed by atoms with E-state index in [0.29, 0.717) is 12.2 Å². The number of halogens is 2. The summed E-state index contributed by atoms with van der Waals surface area (Å²) < 4.78 is 5.22. The number of hydrogen-bond acceptors (Lipinski definition) is 3. The summed E-state index contributed by atoms with van der Waals surface area (Å²) in [6, 6.07) is 6.80. The van der Waals surface area contributed by atoms with Gasteiger partial charge in [-0.1, -0.05) is 26.0 Å². The molecule has 0 atom stereocenters. The average molecular weight is 304 g/mol. The fourth-order valence-electron chi connectivity index (χ4n) is 1.66. The van der Waals surface area contributed by atoms with Gasteiger partial charge in [-0.25, -0.2) is 4.79 Å². The number of ether oxygens (including phenoxy) is 1. The van der Waals surface area contributed by atoms with Crippen LogP contribution < -0.4 is 0 Å². The van der Waals surface area contributed by atoms with E-state index in [2.05, 4.69) is 18.7 Å². The van der Waals surface area contributed by atoms with Crippen LogP contribution in [-0.4, -0.2) is 37.1 Å². The van der Waals surface area contributed by atoms with E-state index in [9.17, 15) is 4.79 Å². The monoisotopic (exact) mass is 303 g/mol. The molecule has 1 aromatic carbocycles. The molecule has 0 aliphatic rings. The molecular weight excluding hydrogens is 285 g/mol. The first-order valence-corrected chi connectivity index (χ1v) is 7.23. The maximum Gasteiger partial charge on any atom is 0.338 e. The number of alkyl halides is 2. The molecule has 0 unspecified atom stereocenters. The van der Waals surface area contributed by atoms with Crippen molar-refractivity contribution in [2.24, 2.45) is 0 Å². The van der Waals surface area contributed by atoms with Crippen LogP contribution in [0.3, 0.4) is 0 Å². The molecular formula is C14H19Cl2NO2. The van der Waals surface area contributed by atoms with Crippen LogP contribution in [0.2, 0.25) is 0 Å². The maximum atomic E-state index is 11.8. The van der Waals surface area contributed by atoms with Crippen LogP contribution in [0.1, 0.15) is 34.6 Å². The van der Waals surface area contributed by atoms with E-state index >= 15 is 0 Å². The Hall–Kier alpha value is -0.770. The molecule has 0 bridgehead atoms. The summed E-state index contributed by atoms with van der Waals surface area (Å²) in [5.74, 6) is -0.320. The van der Waals surface area contributed by atoms with Gasteiger partial charge >= 0.3 is 5.97 Å². The third-order valence-electron chi connectivity index (χ3n) is 2.93. The van der Waals surface area contributed by atoms with Gasteiger partial charge in [-0.2, -0.15) is 0 Å². The van der Waals surface area contributed by atoms with Gasteiger partial charge in [0, 0.05) is 6.54 Å². The Morgan fingerprint density at radius 2 is 1.79 bits per heavy atom. The molecule has 106 valence electrons. The van der Waals surface area contributed by atoms with Crippen molar-refractivity contribution in [3.63, 3.8) is 0 Å². The zero-order valence-corrected chi connectivity index (χ0v) is 12.7. The van der Waals surface area contributed by atoms with Gasteiger partial charge in [-0.05, 0) is 30.8 Å². The Balaban J connectivity index is 2.45. The highest BCUT2D eigenvalue weighted by molar-refractivity contribution is 6.44. The molecule has 0 aliphatic carbocycles. The number of esters is 1. The maximum absolute atomic E-state index is 11.8. The van der Waals surface area contributed by atoms with Crippen LogP contribution in [0.15, 0.2) is 24.3 Å². The summed E-state index contributed by atoms with van der Waals surface area (Å²) in [7, 11) is 0. The predicted octanol–water partition coefficient (Wildman–Crippen LogP) is 3.66. The van der Waals surface area contributed by atoms with E-state index in [1.165, 1.54) is 0 Å². The van der Waals surface area contributed by atoms with Gasteiger partial charge < -0.3 is 9.64 Å². The number of nitrogens with zero attached hydrogens (tertiary/aromatic N) is 1. The molecule has 3 nitrogen and oxygen atoms in total. The molecule has 0 spiro atoms. The predicted molar refractivity (Wildman–Crippen MR) is 79.0 cm³/mol. The first kappa shape index (κ1) is 16.3. The topological polar surface area (TPSA) is 29.5 Å². The Labute approximate surface area is 124 Å². The first-order valence-electron chi connectivity index (χ1n) is 6.36. The summed E-state index contributed by atoms with van der Waals surface area (Å²) in [6.07, 6.45) is 0. The highest BCUT2D eigenvalue weighted by atomic mass is 35.5. The fourth-order valence-corrected chi connectivity index (χ4v) is 1.95. The van der Waals surface area contributed by atoms with Crippen molar-refractivity contribution < 1.29 is 9.53 Å². The minimum atomic E-state index is -0.576. The molecule has 19 heavy (non-hydrogen) atoms. The van der Waals surface area contributed by atoms with E-state index in [0.717, 1.165) is 25.2 Å². The van der Waals surface area contributed by atoms with Crippen molar-refractivity contribution in [1.82, 2.24) is 4.90 Å². The number of benzene rings is 1. The Bertz CT molecular complexity index is 389. The van der Waals surface area contributed by atoms with Gasteiger partial charge in [0.05, 0.1) is 5.56 Å². The minimum absolute atomic E-state index is 0.320. The highest BCUT2D eigenvalue weighted by Crippen LogP contribution is 2.24. The van der Waals surface area contributed by atoms with Crippen LogP contribution in [-0.2, 0) is 4.74 Å². The van der Waals surface area contributed by atoms with Crippen molar-refractivity contribution in [3.05, 3.63) is 35.4 Å². The number of hydrogen-bond donors (Lipinski definition) is 0. The van der Waals surface area contributed by atoms with Gasteiger partial charge in [-0.3, -0.25) is 0 Å². The third-order valence-corrected chi connectivity index (χ3v) is 3.44. The van der Waals surface area contributed by atoms with Gasteiger partial charge in [-0.15, -0.1) is 23.2 Å². The molecule has 0 fully saturated rings. The third kappa shape index (κ3) is 5.39. The number of carbonyl (C=O) groups excluding carboxylic acids is 1. The van der Waals surface area contributed by atoms with E-state index in [-0.39, 0.29) is 5.97 Å². The summed E-state index contributed by atoms with van der Waals surface area (Å²) in [5, 5.41) is 0.